The molecule has 2 amide bonds. The van der Waals surface area contributed by atoms with Crippen molar-refractivity contribution in [2.75, 3.05) is 6.54 Å². The Bertz CT molecular complexity index is 933. The summed E-state index contributed by atoms with van der Waals surface area (Å²) in [7, 11) is 0. The van der Waals surface area contributed by atoms with Crippen LogP contribution >= 0.6 is 11.3 Å². The Labute approximate surface area is 177 Å². The number of carbonyl (C=O) groups is 2. The number of amides is 2. The van der Waals surface area contributed by atoms with Gasteiger partial charge in [0.05, 0.1) is 4.88 Å². The molecule has 0 aromatic carbocycles. The summed E-state index contributed by atoms with van der Waals surface area (Å²) in [4.78, 5) is 30.2. The lowest BCUT2D eigenvalue weighted by Crippen LogP contribution is -2.59. The van der Waals surface area contributed by atoms with E-state index in [2.05, 4.69) is 15.6 Å². The number of hydrogen-bond acceptors (Lipinski definition) is 4. The molecule has 0 aliphatic heterocycles. The summed E-state index contributed by atoms with van der Waals surface area (Å²) in [6, 6.07) is 2.27. The van der Waals surface area contributed by atoms with Crippen molar-refractivity contribution in [1.29, 1.82) is 0 Å². The largest absolute Gasteiger partial charge is 0.433 e. The smallest absolute Gasteiger partial charge is 0.354 e. The molecule has 3 rings (SSSR count). The number of carbonyl (C=O) groups excluding carboxylic acids is 2. The van der Waals surface area contributed by atoms with E-state index in [0.717, 1.165) is 49.5 Å². The summed E-state index contributed by atoms with van der Waals surface area (Å²) in [6.07, 6.45) is 1.05. The number of halogens is 3. The summed E-state index contributed by atoms with van der Waals surface area (Å²) >= 11 is 0.928. The van der Waals surface area contributed by atoms with Crippen molar-refractivity contribution < 1.29 is 22.8 Å². The molecule has 0 atom stereocenters. The van der Waals surface area contributed by atoms with Crippen LogP contribution in [0.1, 0.15) is 72.8 Å². The number of aryl methyl sites for hydroxylation is 1. The van der Waals surface area contributed by atoms with Gasteiger partial charge in [-0.1, -0.05) is 32.6 Å². The summed E-state index contributed by atoms with van der Waals surface area (Å²) in [5.74, 6) is -0.614. The molecule has 0 radical (unpaired) electrons. The number of nitrogens with one attached hydrogen (secondary N) is 2. The molecule has 1 saturated carbocycles. The van der Waals surface area contributed by atoms with Crippen LogP contribution in [0.2, 0.25) is 0 Å². The number of unbranched alkanes of at least 4 members (excludes halogenated alkanes) is 1. The zero-order valence-corrected chi connectivity index (χ0v) is 17.9. The van der Waals surface area contributed by atoms with Gasteiger partial charge in [0.15, 0.2) is 0 Å². The van der Waals surface area contributed by atoms with Crippen LogP contribution in [0.4, 0.5) is 13.2 Å². The van der Waals surface area contributed by atoms with E-state index < -0.39 is 23.3 Å². The Kier molecular flexibility index (Phi) is 6.69. The minimum Gasteiger partial charge on any atom is -0.354 e. The van der Waals surface area contributed by atoms with Gasteiger partial charge in [-0.25, -0.2) is 4.98 Å². The number of aromatic nitrogens is 1. The molecule has 2 aromatic rings. The first-order valence-electron chi connectivity index (χ1n) is 10.3. The zero-order valence-electron chi connectivity index (χ0n) is 17.1. The van der Waals surface area contributed by atoms with Gasteiger partial charge in [-0.15, -0.1) is 11.3 Å². The monoisotopic (exact) mass is 441 g/mol. The molecule has 2 aromatic heterocycles. The average Bonchev–Trinajstić information content (AvgIpc) is 3.04. The molecule has 2 heterocycles. The van der Waals surface area contributed by atoms with Crippen LogP contribution in [0.5, 0.6) is 0 Å². The van der Waals surface area contributed by atoms with Gasteiger partial charge in [0, 0.05) is 11.9 Å². The molecule has 2 N–H and O–H groups in total. The molecule has 0 saturated heterocycles. The second kappa shape index (κ2) is 8.91. The molecule has 1 aliphatic carbocycles. The quantitative estimate of drug-likeness (QED) is 0.622. The minimum atomic E-state index is -4.54. The van der Waals surface area contributed by atoms with Crippen LogP contribution in [0.3, 0.4) is 0 Å². The van der Waals surface area contributed by atoms with Gasteiger partial charge in [-0.05, 0) is 43.9 Å². The van der Waals surface area contributed by atoms with Crippen molar-refractivity contribution in [2.45, 2.75) is 70.5 Å². The Morgan fingerprint density at radius 3 is 2.53 bits per heavy atom. The fraction of sp³-hybridized carbons (Fsp3) is 0.571. The second-order valence-corrected chi connectivity index (χ2v) is 8.81. The van der Waals surface area contributed by atoms with Gasteiger partial charge in [0.1, 0.15) is 16.1 Å². The lowest BCUT2D eigenvalue weighted by molar-refractivity contribution is -0.141. The van der Waals surface area contributed by atoms with Crippen LogP contribution in [-0.2, 0) is 11.0 Å². The van der Waals surface area contributed by atoms with Crippen LogP contribution in [0.15, 0.2) is 12.1 Å². The highest BCUT2D eigenvalue weighted by Gasteiger charge is 2.41. The van der Waals surface area contributed by atoms with E-state index in [1.807, 2.05) is 6.92 Å². The Balaban J connectivity index is 1.87. The lowest BCUT2D eigenvalue weighted by atomic mass is 9.80. The fourth-order valence-electron chi connectivity index (χ4n) is 3.86. The number of thiophene rings is 1. The molecule has 0 bridgehead atoms. The zero-order chi connectivity index (χ0) is 21.9. The molecule has 0 unspecified atom stereocenters. The third-order valence-electron chi connectivity index (χ3n) is 5.61. The maximum absolute atomic E-state index is 13.1. The molecule has 30 heavy (non-hydrogen) atoms. The Morgan fingerprint density at radius 1 is 1.20 bits per heavy atom. The van der Waals surface area contributed by atoms with Crippen LogP contribution in [0, 0.1) is 6.92 Å². The molecule has 9 heteroatoms. The van der Waals surface area contributed by atoms with Gasteiger partial charge in [-0.2, -0.15) is 13.2 Å². The first-order chi connectivity index (χ1) is 14.2. The number of pyridine rings is 1. The molecule has 0 spiro atoms. The summed E-state index contributed by atoms with van der Waals surface area (Å²) in [5.41, 5.74) is -1.38. The van der Waals surface area contributed by atoms with E-state index in [9.17, 15) is 22.8 Å². The second-order valence-electron chi connectivity index (χ2n) is 7.81. The van der Waals surface area contributed by atoms with Crippen LogP contribution in [-0.4, -0.2) is 28.9 Å². The van der Waals surface area contributed by atoms with Crippen molar-refractivity contribution in [1.82, 2.24) is 15.6 Å². The third-order valence-corrected chi connectivity index (χ3v) is 6.81. The average molecular weight is 442 g/mol. The van der Waals surface area contributed by atoms with E-state index in [1.165, 1.54) is 6.07 Å². The molecule has 1 aliphatic rings. The van der Waals surface area contributed by atoms with Crippen molar-refractivity contribution in [3.05, 3.63) is 28.3 Å². The van der Waals surface area contributed by atoms with Crippen molar-refractivity contribution in [3.8, 4) is 0 Å². The van der Waals surface area contributed by atoms with Crippen LogP contribution in [0.25, 0.3) is 10.2 Å². The number of alkyl halides is 3. The Morgan fingerprint density at radius 2 is 1.90 bits per heavy atom. The summed E-state index contributed by atoms with van der Waals surface area (Å²) < 4.78 is 38.9. The van der Waals surface area contributed by atoms with Crippen molar-refractivity contribution in [2.24, 2.45) is 0 Å². The standard InChI is InChI=1S/C21H26F3N3O2S/c1-3-4-12-25-19(29)20(10-6-5-7-11-20)27-17(28)16-13(2)14-8-9-15(21(22,23)24)26-18(14)30-16/h8-9H,3-7,10-12H2,1-2H3,(H,25,29)(H,27,28). The topological polar surface area (TPSA) is 71.1 Å². The normalized spacial score (nSPS) is 16.4. The fourth-order valence-corrected chi connectivity index (χ4v) is 4.94. The van der Waals surface area contributed by atoms with Gasteiger partial charge in [0.25, 0.3) is 5.91 Å². The minimum absolute atomic E-state index is 0.164. The maximum Gasteiger partial charge on any atom is 0.433 e. The maximum atomic E-state index is 13.1. The molecule has 1 fully saturated rings. The van der Waals surface area contributed by atoms with E-state index >= 15 is 0 Å². The van der Waals surface area contributed by atoms with E-state index in [0.29, 0.717) is 35.2 Å². The molecular formula is C21H26F3N3O2S. The van der Waals surface area contributed by atoms with Crippen molar-refractivity contribution >= 4 is 33.4 Å². The van der Waals surface area contributed by atoms with E-state index in [1.54, 1.807) is 6.92 Å². The van der Waals surface area contributed by atoms with Crippen LogP contribution < -0.4 is 10.6 Å². The predicted octanol–water partition coefficient (Wildman–Crippen LogP) is 4.97. The molecular weight excluding hydrogens is 415 g/mol. The number of fused-ring (bicyclic) bond motifs is 1. The van der Waals surface area contributed by atoms with E-state index in [-0.39, 0.29) is 10.7 Å². The predicted molar refractivity (Wildman–Crippen MR) is 111 cm³/mol. The highest BCUT2D eigenvalue weighted by atomic mass is 32.1. The Hall–Kier alpha value is -2.16. The summed E-state index contributed by atoms with van der Waals surface area (Å²) in [5, 5.41) is 6.38. The van der Waals surface area contributed by atoms with Gasteiger partial charge < -0.3 is 10.6 Å². The van der Waals surface area contributed by atoms with Crippen molar-refractivity contribution in [3.63, 3.8) is 0 Å². The highest BCUT2D eigenvalue weighted by Crippen LogP contribution is 2.35. The third kappa shape index (κ3) is 4.61. The number of nitrogens with zero attached hydrogens (tertiary/aromatic N) is 1. The van der Waals surface area contributed by atoms with Gasteiger partial charge in [-0.3, -0.25) is 9.59 Å². The number of rotatable bonds is 6. The molecule has 5 nitrogen and oxygen atoms in total. The van der Waals surface area contributed by atoms with E-state index in [4.69, 9.17) is 0 Å². The van der Waals surface area contributed by atoms with Gasteiger partial charge >= 0.3 is 6.18 Å². The number of hydrogen-bond donors (Lipinski definition) is 2. The first-order valence-corrected chi connectivity index (χ1v) is 11.1. The SMILES string of the molecule is CCCCNC(=O)C1(NC(=O)c2sc3nc(C(F)(F)F)ccc3c2C)CCCCC1. The molecule has 164 valence electrons. The highest BCUT2D eigenvalue weighted by molar-refractivity contribution is 7.20. The van der Waals surface area contributed by atoms with Gasteiger partial charge in [0.2, 0.25) is 5.91 Å². The lowest BCUT2D eigenvalue weighted by Gasteiger charge is -2.36. The first kappa shape index (κ1) is 22.5. The summed E-state index contributed by atoms with van der Waals surface area (Å²) in [6.45, 7) is 4.28.